The standard InChI is InChI=1S/C40H33N9O19S5.O3S/c1-20-14-29(31(68-12-3-13-70(54,55)56)17-28(20)44-47-40-41-25-8-4-21(18-67-19-50)15-32(25)69-40)45-42-26-9-7-24-23(36(26)51)6-10-27(37(24)73(63,64)65)43-46-34-35(39(53)66-2)48-49(38(34)52)30-11-5-22(71(57,58)59)16-33(30)72(60,61)62;1-4(2)3/h4-11,14-17,19,51-52H,3,12-13,18H2,1-2H3,(H,54,55,56)(H,57,58,59)(H,60,61,62)(H,63,64,65);. The molecular weight excluding hydrogens is 1150 g/mol. The second-order valence-electron chi connectivity index (χ2n) is 15.0. The summed E-state index contributed by atoms with van der Waals surface area (Å²) in [5.74, 6) is -3.87. The van der Waals surface area contributed by atoms with Crippen LogP contribution in [0, 0.1) is 6.92 Å². The summed E-state index contributed by atoms with van der Waals surface area (Å²) in [4.78, 5) is 24.6. The number of esters is 1. The van der Waals surface area contributed by atoms with E-state index in [9.17, 15) is 71.7 Å². The van der Waals surface area contributed by atoms with Gasteiger partial charge in [0.1, 0.15) is 39.2 Å². The van der Waals surface area contributed by atoms with Gasteiger partial charge < -0.3 is 24.4 Å². The number of nitrogens with zero attached hydrogens (tertiary/aromatic N) is 9. The molecule has 0 amide bonds. The molecule has 0 saturated heterocycles. The van der Waals surface area contributed by atoms with Crippen LogP contribution in [0.5, 0.6) is 17.4 Å². The Morgan fingerprint density at radius 3 is 2.04 bits per heavy atom. The number of aromatic nitrogens is 3. The van der Waals surface area contributed by atoms with E-state index in [1.807, 2.05) is 0 Å². The lowest BCUT2D eigenvalue weighted by molar-refractivity contribution is -0.129. The molecule has 37 heteroatoms. The molecule has 0 spiro atoms. The molecular formula is C40H33N9O22S6. The second-order valence-corrected chi connectivity index (χ2v) is 22.2. The Bertz CT molecular complexity index is 4200. The third-order valence-electron chi connectivity index (χ3n) is 9.90. The van der Waals surface area contributed by atoms with Crippen molar-refractivity contribution in [2.45, 2.75) is 34.6 Å². The molecule has 0 aliphatic heterocycles. The van der Waals surface area contributed by atoms with Crippen molar-refractivity contribution in [2.24, 2.45) is 30.7 Å². The fraction of sp³-hybridized carbons (Fsp3) is 0.150. The number of rotatable bonds is 19. The molecule has 6 N–H and O–H groups in total. The number of phenols is 1. The zero-order valence-electron chi connectivity index (χ0n) is 38.5. The van der Waals surface area contributed by atoms with Gasteiger partial charge in [-0.15, -0.1) is 43.3 Å². The SMILES string of the molecule is COC(=O)c1nn(-c2ccc(S(=O)(=O)O)cc2S(=O)(=O)O)c(O)c1N=Nc1ccc2c(O)c(N=Nc3cc(C)c(N=Nc4nc5ccc(COC=O)cc5s4)cc3OCCCS(=O)(=O)O)ccc2c1S(=O)(=O)O.O=S(=O)=O. The molecule has 0 aliphatic carbocycles. The van der Waals surface area contributed by atoms with Gasteiger partial charge in [0, 0.05) is 16.8 Å². The molecule has 0 radical (unpaired) electrons. The van der Waals surface area contributed by atoms with Gasteiger partial charge in [0.15, 0.2) is 11.4 Å². The minimum atomic E-state index is -5.35. The molecule has 0 saturated carbocycles. The van der Waals surface area contributed by atoms with Crippen LogP contribution in [0.2, 0.25) is 0 Å². The van der Waals surface area contributed by atoms with Gasteiger partial charge in [0.05, 0.1) is 46.0 Å². The van der Waals surface area contributed by atoms with Crippen LogP contribution in [-0.4, -0.2) is 121 Å². The lowest BCUT2D eigenvalue weighted by Gasteiger charge is -2.11. The molecule has 406 valence electrons. The minimum Gasteiger partial charge on any atom is -0.505 e. The highest BCUT2D eigenvalue weighted by atomic mass is 32.2. The number of phenolic OH excluding ortho intramolecular Hbond substituents is 1. The normalized spacial score (nSPS) is 12.3. The number of carbonyl (C=O) groups is 2. The highest BCUT2D eigenvalue weighted by Crippen LogP contribution is 2.44. The number of fused-ring (bicyclic) bond motifs is 2. The van der Waals surface area contributed by atoms with E-state index in [1.165, 1.54) is 23.5 Å². The van der Waals surface area contributed by atoms with Crippen LogP contribution in [0.4, 0.5) is 33.6 Å². The first-order valence-electron chi connectivity index (χ1n) is 20.5. The first-order chi connectivity index (χ1) is 36.0. The molecule has 2 aromatic heterocycles. The topological polar surface area (TPSA) is 476 Å². The Morgan fingerprint density at radius 2 is 1.40 bits per heavy atom. The Balaban J connectivity index is 0.00000232. The maximum Gasteiger partial charge on any atom is 0.425 e. The van der Waals surface area contributed by atoms with E-state index in [2.05, 4.69) is 45.5 Å². The summed E-state index contributed by atoms with van der Waals surface area (Å²) in [5, 5.41) is 50.3. The van der Waals surface area contributed by atoms with Crippen LogP contribution in [0.15, 0.2) is 118 Å². The highest BCUT2D eigenvalue weighted by molar-refractivity contribution is 7.87. The molecule has 7 aromatic rings. The zero-order valence-corrected chi connectivity index (χ0v) is 43.4. The zero-order chi connectivity index (χ0) is 56.8. The summed E-state index contributed by atoms with van der Waals surface area (Å²) in [6.45, 7) is 1.79. The number of benzene rings is 5. The van der Waals surface area contributed by atoms with Gasteiger partial charge in [-0.25, -0.2) is 9.78 Å². The van der Waals surface area contributed by atoms with Gasteiger partial charge in [-0.05, 0) is 79.1 Å². The molecule has 77 heavy (non-hydrogen) atoms. The van der Waals surface area contributed by atoms with Gasteiger partial charge >= 0.3 is 16.6 Å². The van der Waals surface area contributed by atoms with Crippen molar-refractivity contribution in [3.8, 4) is 23.1 Å². The predicted molar refractivity (Wildman–Crippen MR) is 262 cm³/mol. The van der Waals surface area contributed by atoms with E-state index in [1.54, 1.807) is 25.1 Å². The molecule has 7 rings (SSSR count). The van der Waals surface area contributed by atoms with E-state index in [-0.39, 0.29) is 58.4 Å². The van der Waals surface area contributed by atoms with Crippen molar-refractivity contribution in [1.82, 2.24) is 14.8 Å². The van der Waals surface area contributed by atoms with Crippen molar-refractivity contribution in [1.29, 1.82) is 0 Å². The van der Waals surface area contributed by atoms with Gasteiger partial charge in [0.2, 0.25) is 16.7 Å². The molecule has 0 unspecified atom stereocenters. The first-order valence-corrected chi connectivity index (χ1v) is 28.2. The average molecular weight is 1180 g/mol. The lowest BCUT2D eigenvalue weighted by atomic mass is 10.1. The number of ether oxygens (including phenoxy) is 3. The van der Waals surface area contributed by atoms with Crippen LogP contribution >= 0.6 is 11.3 Å². The van der Waals surface area contributed by atoms with Crippen molar-refractivity contribution < 1.29 is 98.5 Å². The molecule has 5 aromatic carbocycles. The molecule has 0 atom stereocenters. The van der Waals surface area contributed by atoms with Gasteiger partial charge in [0.25, 0.3) is 46.9 Å². The lowest BCUT2D eigenvalue weighted by Crippen LogP contribution is -2.10. The molecule has 0 bridgehead atoms. The van der Waals surface area contributed by atoms with E-state index >= 15 is 0 Å². The maximum absolute atomic E-state index is 12.9. The number of aryl methyl sites for hydroxylation is 1. The second kappa shape index (κ2) is 23.4. The van der Waals surface area contributed by atoms with Crippen molar-refractivity contribution in [3.05, 3.63) is 89.6 Å². The average Bonchev–Trinajstić information content (AvgIpc) is 3.91. The van der Waals surface area contributed by atoms with Gasteiger partial charge in [-0.3, -0.25) is 23.0 Å². The third-order valence-corrected chi connectivity index (χ3v) is 14.3. The number of aromatic hydroxyl groups is 2. The molecule has 0 aliphatic rings. The number of methoxy groups -OCH3 is 1. The van der Waals surface area contributed by atoms with E-state index < -0.39 is 112 Å². The summed E-state index contributed by atoms with van der Waals surface area (Å²) in [6, 6.07) is 14.0. The third kappa shape index (κ3) is 14.4. The number of azo groups is 3. The Morgan fingerprint density at radius 1 is 0.753 bits per heavy atom. The Hall–Kier alpha value is -8.14. The van der Waals surface area contributed by atoms with E-state index in [0.717, 1.165) is 41.6 Å². The van der Waals surface area contributed by atoms with E-state index in [4.69, 9.17) is 22.1 Å². The number of hydrogen-bond donors (Lipinski definition) is 6. The summed E-state index contributed by atoms with van der Waals surface area (Å²) >= 11 is 1.20. The number of hydrogen-bond acceptors (Lipinski definition) is 27. The summed E-state index contributed by atoms with van der Waals surface area (Å²) in [6.07, 6.45) is -0.152. The van der Waals surface area contributed by atoms with Crippen molar-refractivity contribution >= 4 is 129 Å². The van der Waals surface area contributed by atoms with Crippen molar-refractivity contribution in [3.63, 3.8) is 0 Å². The fourth-order valence-corrected chi connectivity index (χ4v) is 10.1. The maximum atomic E-state index is 12.9. The largest absolute Gasteiger partial charge is 0.505 e. The van der Waals surface area contributed by atoms with Crippen LogP contribution in [0.25, 0.3) is 26.7 Å². The van der Waals surface area contributed by atoms with Crippen molar-refractivity contribution in [2.75, 3.05) is 19.5 Å². The number of carbonyl (C=O) groups excluding carboxylic acids is 2. The number of thiazole rings is 1. The summed E-state index contributed by atoms with van der Waals surface area (Å²) in [5.41, 5.74) is -1.47. The van der Waals surface area contributed by atoms with Gasteiger partial charge in [-0.2, -0.15) is 43.5 Å². The summed E-state index contributed by atoms with van der Waals surface area (Å²) < 4.78 is 177. The Kier molecular flexibility index (Phi) is 17.7. The van der Waals surface area contributed by atoms with Crippen LogP contribution in [0.1, 0.15) is 28.0 Å². The van der Waals surface area contributed by atoms with Crippen LogP contribution < -0.4 is 4.74 Å². The summed E-state index contributed by atoms with van der Waals surface area (Å²) in [7, 11) is -22.3. The quantitative estimate of drug-likeness (QED) is 0.0166. The first kappa shape index (κ1) is 58.1. The molecule has 31 nitrogen and oxygen atoms in total. The minimum absolute atomic E-state index is 0.00689. The predicted octanol–water partition coefficient (Wildman–Crippen LogP) is 6.45. The van der Waals surface area contributed by atoms with Crippen LogP contribution in [-0.2, 0) is 72.0 Å². The van der Waals surface area contributed by atoms with Gasteiger partial charge in [-0.1, -0.05) is 23.5 Å². The molecule has 0 fully saturated rings. The Labute approximate surface area is 437 Å². The highest BCUT2D eigenvalue weighted by Gasteiger charge is 2.30. The fourth-order valence-electron chi connectivity index (χ4n) is 6.62. The molecule has 2 heterocycles. The van der Waals surface area contributed by atoms with E-state index in [0.29, 0.717) is 40.4 Å². The smallest absolute Gasteiger partial charge is 0.425 e. The monoisotopic (exact) mass is 1180 g/mol. The van der Waals surface area contributed by atoms with Crippen LogP contribution in [0.3, 0.4) is 0 Å².